The van der Waals surface area contributed by atoms with Crippen LogP contribution in [0.3, 0.4) is 0 Å². The Labute approximate surface area is 125 Å². The summed E-state index contributed by atoms with van der Waals surface area (Å²) in [4.78, 5) is 5.33. The molecule has 3 rings (SSSR count). The molecule has 0 saturated carbocycles. The summed E-state index contributed by atoms with van der Waals surface area (Å²) in [5, 5.41) is 8.09. The number of halogens is 1. The van der Waals surface area contributed by atoms with Gasteiger partial charge in [-0.1, -0.05) is 17.9 Å². The van der Waals surface area contributed by atoms with Crippen LogP contribution in [-0.2, 0) is 0 Å². The molecule has 21 heavy (non-hydrogen) atoms. The van der Waals surface area contributed by atoms with Crippen LogP contribution in [0.15, 0.2) is 55.4 Å². The number of hydrogen-bond acceptors (Lipinski definition) is 3. The molecule has 0 unspecified atom stereocenters. The second-order valence-corrected chi connectivity index (χ2v) is 5.38. The molecule has 0 saturated heterocycles. The highest BCUT2D eigenvalue weighted by atomic mass is 32.1. The van der Waals surface area contributed by atoms with Gasteiger partial charge in [0, 0.05) is 24.2 Å². The molecule has 3 nitrogen and oxygen atoms in total. The van der Waals surface area contributed by atoms with Gasteiger partial charge in [-0.3, -0.25) is 15.0 Å². The minimum absolute atomic E-state index is 0.282. The molecule has 5 heteroatoms. The van der Waals surface area contributed by atoms with Gasteiger partial charge >= 0.3 is 0 Å². The molecule has 104 valence electrons. The lowest BCUT2D eigenvalue weighted by molar-refractivity contribution is 0.628. The summed E-state index contributed by atoms with van der Waals surface area (Å²) in [5.74, 6) is -0.282. The summed E-state index contributed by atoms with van der Waals surface area (Å²) >= 11 is 1.35. The molecule has 1 N–H and O–H groups in total. The second-order valence-electron chi connectivity index (χ2n) is 4.38. The first-order valence-electron chi connectivity index (χ1n) is 6.29. The minimum atomic E-state index is -0.282. The lowest BCUT2D eigenvalue weighted by atomic mass is 10.1. The molecule has 0 aliphatic rings. The van der Waals surface area contributed by atoms with E-state index in [2.05, 4.69) is 11.6 Å². The first kappa shape index (κ1) is 13.5. The van der Waals surface area contributed by atoms with E-state index >= 15 is 0 Å². The normalized spacial score (nSPS) is 10.5. The van der Waals surface area contributed by atoms with Crippen molar-refractivity contribution in [3.63, 3.8) is 0 Å². The predicted molar refractivity (Wildman–Crippen MR) is 83.2 cm³/mol. The fraction of sp³-hybridized carbons (Fsp3) is 0. The van der Waals surface area contributed by atoms with Crippen molar-refractivity contribution in [1.82, 2.24) is 9.55 Å². The van der Waals surface area contributed by atoms with Gasteiger partial charge in [-0.25, -0.2) is 4.39 Å². The van der Waals surface area contributed by atoms with Gasteiger partial charge in [0.1, 0.15) is 5.82 Å². The van der Waals surface area contributed by atoms with Gasteiger partial charge in [-0.05, 0) is 42.0 Å². The van der Waals surface area contributed by atoms with E-state index in [-0.39, 0.29) is 5.82 Å². The zero-order chi connectivity index (χ0) is 14.8. The van der Waals surface area contributed by atoms with E-state index < -0.39 is 0 Å². The Kier molecular flexibility index (Phi) is 3.50. The van der Waals surface area contributed by atoms with Crippen LogP contribution in [0, 0.1) is 11.2 Å². The van der Waals surface area contributed by atoms with Crippen LogP contribution in [0.2, 0.25) is 0 Å². The highest BCUT2D eigenvalue weighted by molar-refractivity contribution is 7.13. The Hall–Kier alpha value is -2.53. The van der Waals surface area contributed by atoms with Gasteiger partial charge in [-0.2, -0.15) is 0 Å². The number of thiazole rings is 1. The van der Waals surface area contributed by atoms with Crippen LogP contribution >= 0.6 is 11.3 Å². The fourth-order valence-electron chi connectivity index (χ4n) is 2.16. The Bertz CT molecular complexity index is 832. The second kappa shape index (κ2) is 5.46. The smallest absolute Gasteiger partial charge is 0.187 e. The molecular weight excluding hydrogens is 285 g/mol. The molecule has 0 bridgehead atoms. The van der Waals surface area contributed by atoms with E-state index in [0.717, 1.165) is 21.7 Å². The maximum Gasteiger partial charge on any atom is 0.187 e. The first-order chi connectivity index (χ1) is 10.2. The SMILES string of the molecule is C=Cn1c(-c2ccc(F)cc2)c(-c2ccncc2)sc1=N. The van der Waals surface area contributed by atoms with E-state index in [9.17, 15) is 4.39 Å². The zero-order valence-electron chi connectivity index (χ0n) is 11.1. The van der Waals surface area contributed by atoms with Gasteiger partial charge in [0.05, 0.1) is 10.6 Å². The average molecular weight is 297 g/mol. The van der Waals surface area contributed by atoms with Crippen molar-refractivity contribution < 1.29 is 4.39 Å². The summed E-state index contributed by atoms with van der Waals surface area (Å²) in [7, 11) is 0. The monoisotopic (exact) mass is 297 g/mol. The Morgan fingerprint density at radius 1 is 1.10 bits per heavy atom. The Morgan fingerprint density at radius 2 is 1.76 bits per heavy atom. The van der Waals surface area contributed by atoms with Crippen LogP contribution < -0.4 is 4.80 Å². The van der Waals surface area contributed by atoms with Gasteiger partial charge in [0.25, 0.3) is 0 Å². The highest BCUT2D eigenvalue weighted by Crippen LogP contribution is 2.34. The van der Waals surface area contributed by atoms with Gasteiger partial charge in [-0.15, -0.1) is 0 Å². The number of nitrogens with zero attached hydrogens (tertiary/aromatic N) is 2. The van der Waals surface area contributed by atoms with Crippen LogP contribution in [0.1, 0.15) is 0 Å². The van der Waals surface area contributed by atoms with E-state index in [1.54, 1.807) is 35.3 Å². The van der Waals surface area contributed by atoms with Gasteiger partial charge in [0.15, 0.2) is 4.80 Å². The quantitative estimate of drug-likeness (QED) is 0.780. The molecule has 2 heterocycles. The van der Waals surface area contributed by atoms with Crippen LogP contribution in [0.5, 0.6) is 0 Å². The third-order valence-corrected chi connectivity index (χ3v) is 4.14. The predicted octanol–water partition coefficient (Wildman–Crippen LogP) is 4.00. The summed E-state index contributed by atoms with van der Waals surface area (Å²) in [6.45, 7) is 3.77. The number of pyridine rings is 1. The van der Waals surface area contributed by atoms with Crippen LogP contribution in [0.4, 0.5) is 4.39 Å². The molecule has 0 aliphatic heterocycles. The van der Waals surface area contributed by atoms with Crippen molar-refractivity contribution in [1.29, 1.82) is 5.41 Å². The molecule has 0 aliphatic carbocycles. The van der Waals surface area contributed by atoms with E-state index in [1.165, 1.54) is 23.5 Å². The van der Waals surface area contributed by atoms with E-state index in [1.807, 2.05) is 12.1 Å². The lowest BCUT2D eigenvalue weighted by Crippen LogP contribution is -2.07. The molecule has 3 aromatic rings. The molecule has 0 fully saturated rings. The Morgan fingerprint density at radius 3 is 2.38 bits per heavy atom. The molecule has 0 atom stereocenters. The largest absolute Gasteiger partial charge is 0.292 e. The average Bonchev–Trinajstić information content (AvgIpc) is 2.85. The number of nitrogens with one attached hydrogen (secondary N) is 1. The van der Waals surface area contributed by atoms with E-state index in [0.29, 0.717) is 4.80 Å². The number of aromatic nitrogens is 2. The number of rotatable bonds is 3. The molecule has 0 spiro atoms. The zero-order valence-corrected chi connectivity index (χ0v) is 11.9. The van der Waals surface area contributed by atoms with Crippen molar-refractivity contribution in [3.8, 4) is 21.7 Å². The molecule has 2 aromatic heterocycles. The third kappa shape index (κ3) is 2.43. The maximum atomic E-state index is 13.1. The summed E-state index contributed by atoms with van der Waals surface area (Å²) in [6, 6.07) is 10.0. The van der Waals surface area contributed by atoms with Crippen molar-refractivity contribution in [2.75, 3.05) is 0 Å². The number of hydrogen-bond donors (Lipinski definition) is 1. The third-order valence-electron chi connectivity index (χ3n) is 3.12. The summed E-state index contributed by atoms with van der Waals surface area (Å²) < 4.78 is 14.8. The standard InChI is InChI=1S/C16H12FN3S/c1-2-20-14(11-3-5-13(17)6-4-11)15(21-16(20)18)12-7-9-19-10-8-12/h2-10,18H,1H2. The van der Waals surface area contributed by atoms with Gasteiger partial charge in [0.2, 0.25) is 0 Å². The Balaban J connectivity index is 2.29. The lowest BCUT2D eigenvalue weighted by Gasteiger charge is -2.07. The van der Waals surface area contributed by atoms with Gasteiger partial charge < -0.3 is 0 Å². The summed E-state index contributed by atoms with van der Waals surface area (Å²) in [5.41, 5.74) is 2.66. The molecule has 0 radical (unpaired) electrons. The van der Waals surface area contributed by atoms with Crippen molar-refractivity contribution in [3.05, 3.63) is 66.0 Å². The van der Waals surface area contributed by atoms with Crippen molar-refractivity contribution in [2.45, 2.75) is 0 Å². The maximum absolute atomic E-state index is 13.1. The molecule has 1 aromatic carbocycles. The minimum Gasteiger partial charge on any atom is -0.292 e. The van der Waals surface area contributed by atoms with Crippen molar-refractivity contribution in [2.24, 2.45) is 0 Å². The highest BCUT2D eigenvalue weighted by Gasteiger charge is 2.15. The summed E-state index contributed by atoms with van der Waals surface area (Å²) in [6.07, 6.45) is 5.03. The van der Waals surface area contributed by atoms with Crippen molar-refractivity contribution >= 4 is 17.5 Å². The topological polar surface area (TPSA) is 41.7 Å². The number of benzene rings is 1. The molecular formula is C16H12FN3S. The molecule has 0 amide bonds. The van der Waals surface area contributed by atoms with Crippen LogP contribution in [0.25, 0.3) is 27.9 Å². The fourth-order valence-corrected chi connectivity index (χ4v) is 3.18. The first-order valence-corrected chi connectivity index (χ1v) is 7.11. The van der Waals surface area contributed by atoms with Crippen LogP contribution in [-0.4, -0.2) is 9.55 Å². The van der Waals surface area contributed by atoms with E-state index in [4.69, 9.17) is 5.41 Å².